The summed E-state index contributed by atoms with van der Waals surface area (Å²) in [5.74, 6) is 5.24. The molecule has 1 heterocycles. The smallest absolute Gasteiger partial charge is 0.337 e. The Kier molecular flexibility index (Phi) is 3.44. The van der Waals surface area contributed by atoms with Crippen LogP contribution in [0.5, 0.6) is 0 Å². The van der Waals surface area contributed by atoms with Gasteiger partial charge in [0.2, 0.25) is 0 Å². The highest BCUT2D eigenvalue weighted by Crippen LogP contribution is 2.20. The molecule has 3 nitrogen and oxygen atoms in total. The lowest BCUT2D eigenvalue weighted by Crippen LogP contribution is -2.02. The highest BCUT2D eigenvalue weighted by molar-refractivity contribution is 6.02. The quantitative estimate of drug-likeness (QED) is 0.728. The van der Waals surface area contributed by atoms with E-state index in [1.165, 1.54) is 0 Å². The molecule has 1 N–H and O–H groups in total. The number of hydrogen-bond acceptors (Lipinski definition) is 1. The van der Waals surface area contributed by atoms with Crippen molar-refractivity contribution in [1.29, 1.82) is 0 Å². The summed E-state index contributed by atoms with van der Waals surface area (Å²) in [5.41, 5.74) is 1.97. The van der Waals surface area contributed by atoms with Crippen LogP contribution in [0.25, 0.3) is 10.9 Å². The molecule has 0 saturated heterocycles. The van der Waals surface area contributed by atoms with Gasteiger partial charge in [0.15, 0.2) is 0 Å². The number of carbonyl (C=O) groups is 1. The first kappa shape index (κ1) is 13.0. The van der Waals surface area contributed by atoms with Gasteiger partial charge in [-0.1, -0.05) is 42.2 Å². The van der Waals surface area contributed by atoms with E-state index in [0.717, 1.165) is 10.9 Å². The third-order valence-corrected chi connectivity index (χ3v) is 3.27. The van der Waals surface area contributed by atoms with Crippen molar-refractivity contribution in [1.82, 2.24) is 4.57 Å². The van der Waals surface area contributed by atoms with Gasteiger partial charge in [0, 0.05) is 17.1 Å². The molecule has 0 amide bonds. The zero-order valence-electron chi connectivity index (χ0n) is 11.3. The summed E-state index contributed by atoms with van der Waals surface area (Å²) >= 11 is 0. The van der Waals surface area contributed by atoms with E-state index in [1.54, 1.807) is 12.1 Å². The molecule has 0 atom stereocenters. The van der Waals surface area contributed by atoms with Crippen molar-refractivity contribution in [3.63, 3.8) is 0 Å². The third kappa shape index (κ3) is 2.65. The second-order valence-corrected chi connectivity index (χ2v) is 4.66. The van der Waals surface area contributed by atoms with Gasteiger partial charge in [0.1, 0.15) is 0 Å². The van der Waals surface area contributed by atoms with Crippen LogP contribution in [0.3, 0.4) is 0 Å². The summed E-state index contributed by atoms with van der Waals surface area (Å²) in [4.78, 5) is 11.3. The molecular formula is C18H13NO2. The van der Waals surface area contributed by atoms with Gasteiger partial charge < -0.3 is 9.67 Å². The number of aromatic nitrogens is 1. The van der Waals surface area contributed by atoms with Crippen LogP contribution in [0.4, 0.5) is 0 Å². The van der Waals surface area contributed by atoms with E-state index in [4.69, 9.17) is 0 Å². The van der Waals surface area contributed by atoms with E-state index >= 15 is 0 Å². The van der Waals surface area contributed by atoms with Gasteiger partial charge in [-0.15, -0.1) is 0 Å². The van der Waals surface area contributed by atoms with Crippen molar-refractivity contribution >= 4 is 16.9 Å². The number of aromatic carboxylic acids is 1. The lowest BCUT2D eigenvalue weighted by atomic mass is 10.1. The lowest BCUT2D eigenvalue weighted by Gasteiger charge is -2.03. The van der Waals surface area contributed by atoms with Gasteiger partial charge in [-0.25, -0.2) is 4.79 Å². The first-order valence-corrected chi connectivity index (χ1v) is 6.61. The molecule has 3 aromatic rings. The molecule has 0 aliphatic carbocycles. The Labute approximate surface area is 122 Å². The van der Waals surface area contributed by atoms with Crippen LogP contribution in [-0.4, -0.2) is 15.6 Å². The summed E-state index contributed by atoms with van der Waals surface area (Å²) in [7, 11) is 0. The third-order valence-electron chi connectivity index (χ3n) is 3.27. The molecule has 21 heavy (non-hydrogen) atoms. The second-order valence-electron chi connectivity index (χ2n) is 4.66. The average molecular weight is 275 g/mol. The summed E-state index contributed by atoms with van der Waals surface area (Å²) in [5, 5.41) is 10.2. The fraction of sp³-hybridized carbons (Fsp3) is 0.0556. The number of rotatable bonds is 2. The SMILES string of the molecule is O=C(O)c1cccc2ccn(CC#Cc3ccccc3)c12. The minimum atomic E-state index is -0.920. The van der Waals surface area contributed by atoms with Crippen LogP contribution in [0.1, 0.15) is 15.9 Å². The first-order chi connectivity index (χ1) is 10.3. The van der Waals surface area contributed by atoms with Crippen molar-refractivity contribution < 1.29 is 9.90 Å². The van der Waals surface area contributed by atoms with E-state index in [9.17, 15) is 9.90 Å². The zero-order valence-corrected chi connectivity index (χ0v) is 11.3. The minimum Gasteiger partial charge on any atom is -0.478 e. The van der Waals surface area contributed by atoms with Gasteiger partial charge in [-0.2, -0.15) is 0 Å². The Hall–Kier alpha value is -2.99. The summed E-state index contributed by atoms with van der Waals surface area (Å²) < 4.78 is 1.87. The Morgan fingerprint density at radius 2 is 1.86 bits per heavy atom. The number of hydrogen-bond donors (Lipinski definition) is 1. The van der Waals surface area contributed by atoms with Crippen molar-refractivity contribution in [3.8, 4) is 11.8 Å². The zero-order chi connectivity index (χ0) is 14.7. The maximum atomic E-state index is 11.3. The maximum Gasteiger partial charge on any atom is 0.337 e. The molecule has 0 radical (unpaired) electrons. The summed E-state index contributed by atoms with van der Waals surface area (Å²) in [6.07, 6.45) is 1.87. The number of carboxylic acid groups (broad SMARTS) is 1. The second kappa shape index (κ2) is 5.56. The molecule has 0 spiro atoms. The molecule has 1 aromatic heterocycles. The van der Waals surface area contributed by atoms with Gasteiger partial charge in [-0.05, 0) is 24.3 Å². The Balaban J connectivity index is 1.95. The monoisotopic (exact) mass is 275 g/mol. The Morgan fingerprint density at radius 3 is 2.62 bits per heavy atom. The number of nitrogens with zero attached hydrogens (tertiary/aromatic N) is 1. The number of fused-ring (bicyclic) bond motifs is 1. The van der Waals surface area contributed by atoms with Gasteiger partial charge in [0.05, 0.1) is 17.6 Å². The van der Waals surface area contributed by atoms with Crippen molar-refractivity contribution in [2.45, 2.75) is 6.54 Å². The predicted octanol–water partition coefficient (Wildman–Crippen LogP) is 3.39. The van der Waals surface area contributed by atoms with E-state index in [1.807, 2.05) is 53.2 Å². The van der Waals surface area contributed by atoms with Crippen LogP contribution in [0.2, 0.25) is 0 Å². The van der Waals surface area contributed by atoms with Gasteiger partial charge in [-0.3, -0.25) is 0 Å². The Morgan fingerprint density at radius 1 is 1.05 bits per heavy atom. The molecule has 2 aromatic carbocycles. The van der Waals surface area contributed by atoms with Gasteiger partial charge >= 0.3 is 5.97 Å². The molecule has 0 saturated carbocycles. The van der Waals surface area contributed by atoms with Gasteiger partial charge in [0.25, 0.3) is 0 Å². The molecule has 3 heteroatoms. The molecule has 0 fully saturated rings. The predicted molar refractivity (Wildman–Crippen MR) is 82.2 cm³/mol. The summed E-state index contributed by atoms with van der Waals surface area (Å²) in [6, 6.07) is 16.9. The van der Waals surface area contributed by atoms with Crippen LogP contribution in [-0.2, 0) is 6.54 Å². The number of para-hydroxylation sites is 1. The van der Waals surface area contributed by atoms with Crippen molar-refractivity contribution in [2.24, 2.45) is 0 Å². The van der Waals surface area contributed by atoms with Crippen LogP contribution >= 0.6 is 0 Å². The van der Waals surface area contributed by atoms with Crippen molar-refractivity contribution in [2.75, 3.05) is 0 Å². The van der Waals surface area contributed by atoms with Crippen molar-refractivity contribution in [3.05, 3.63) is 71.9 Å². The summed E-state index contributed by atoms with van der Waals surface area (Å²) in [6.45, 7) is 0.461. The van der Waals surface area contributed by atoms with E-state index < -0.39 is 5.97 Å². The normalized spacial score (nSPS) is 10.1. The highest BCUT2D eigenvalue weighted by Gasteiger charge is 2.11. The minimum absolute atomic E-state index is 0.305. The number of carboxylic acids is 1. The first-order valence-electron chi connectivity index (χ1n) is 6.61. The Bertz CT molecular complexity index is 851. The topological polar surface area (TPSA) is 42.2 Å². The molecule has 0 bridgehead atoms. The molecule has 0 aliphatic heterocycles. The van der Waals surface area contributed by atoms with E-state index in [2.05, 4.69) is 11.8 Å². The van der Waals surface area contributed by atoms with E-state index in [-0.39, 0.29) is 0 Å². The van der Waals surface area contributed by atoms with Crippen LogP contribution < -0.4 is 0 Å². The lowest BCUT2D eigenvalue weighted by molar-refractivity contribution is 0.0698. The fourth-order valence-corrected chi connectivity index (χ4v) is 2.31. The highest BCUT2D eigenvalue weighted by atomic mass is 16.4. The average Bonchev–Trinajstić information content (AvgIpc) is 2.91. The molecular weight excluding hydrogens is 262 g/mol. The molecule has 3 rings (SSSR count). The largest absolute Gasteiger partial charge is 0.478 e. The molecule has 0 unspecified atom stereocenters. The van der Waals surface area contributed by atoms with Crippen LogP contribution in [0.15, 0.2) is 60.8 Å². The standard InChI is InChI=1S/C18H13NO2/c20-18(21)16-10-4-9-15-11-13-19(17(15)16)12-5-8-14-6-2-1-3-7-14/h1-4,6-7,9-11,13H,12H2,(H,20,21). The molecule has 0 aliphatic rings. The maximum absolute atomic E-state index is 11.3. The molecule has 102 valence electrons. The van der Waals surface area contributed by atoms with E-state index in [0.29, 0.717) is 17.6 Å². The number of benzene rings is 2. The van der Waals surface area contributed by atoms with Crippen LogP contribution in [0, 0.1) is 11.8 Å². The fourth-order valence-electron chi connectivity index (χ4n) is 2.31.